The van der Waals surface area contributed by atoms with Crippen molar-refractivity contribution in [3.63, 3.8) is 0 Å². The van der Waals surface area contributed by atoms with Crippen LogP contribution < -0.4 is 5.32 Å². The van der Waals surface area contributed by atoms with Crippen LogP contribution in [-0.4, -0.2) is 27.3 Å². The summed E-state index contributed by atoms with van der Waals surface area (Å²) in [4.78, 5) is 12.6. The molecule has 31 heavy (non-hydrogen) atoms. The van der Waals surface area contributed by atoms with Crippen molar-refractivity contribution in [2.45, 2.75) is 32.7 Å². The summed E-state index contributed by atoms with van der Waals surface area (Å²) < 4.78 is 40.9. The lowest BCUT2D eigenvalue weighted by atomic mass is 10.0. The van der Waals surface area contributed by atoms with Gasteiger partial charge in [-0.05, 0) is 31.0 Å². The van der Waals surface area contributed by atoms with Crippen LogP contribution in [0.3, 0.4) is 0 Å². The summed E-state index contributed by atoms with van der Waals surface area (Å²) in [5.74, 6) is -0.624. The number of aliphatic hydroxyl groups excluding tert-OH is 1. The second kappa shape index (κ2) is 9.11. The highest BCUT2D eigenvalue weighted by Crippen LogP contribution is 2.34. The van der Waals surface area contributed by atoms with Crippen molar-refractivity contribution in [3.8, 4) is 0 Å². The van der Waals surface area contributed by atoms with E-state index in [1.807, 2.05) is 31.2 Å². The lowest BCUT2D eigenvalue weighted by Gasteiger charge is -2.18. The Hall–Kier alpha value is -2.84. The van der Waals surface area contributed by atoms with Crippen LogP contribution in [0.5, 0.6) is 0 Å². The Kier molecular flexibility index (Phi) is 6.71. The number of aryl methyl sites for hydroxylation is 2. The van der Waals surface area contributed by atoms with Crippen molar-refractivity contribution in [3.05, 3.63) is 87.2 Å². The summed E-state index contributed by atoms with van der Waals surface area (Å²) in [5.41, 5.74) is 1.29. The lowest BCUT2D eigenvalue weighted by molar-refractivity contribution is -0.139. The van der Waals surface area contributed by atoms with Gasteiger partial charge in [-0.25, -0.2) is 4.68 Å². The second-order valence-corrected chi connectivity index (χ2v) is 7.56. The average Bonchev–Trinajstić information content (AvgIpc) is 3.00. The molecule has 3 aromatic rings. The first-order valence-corrected chi connectivity index (χ1v) is 9.86. The summed E-state index contributed by atoms with van der Waals surface area (Å²) in [7, 11) is 0. The molecule has 2 N–H and O–H groups in total. The van der Waals surface area contributed by atoms with Gasteiger partial charge in [0.1, 0.15) is 5.15 Å². The highest BCUT2D eigenvalue weighted by Gasteiger charge is 2.34. The largest absolute Gasteiger partial charge is 0.416 e. The van der Waals surface area contributed by atoms with Crippen LogP contribution >= 0.6 is 11.6 Å². The molecular weight excluding hydrogens is 431 g/mol. The van der Waals surface area contributed by atoms with E-state index in [1.54, 1.807) is 6.92 Å². The molecule has 1 amide bonds. The Morgan fingerprint density at radius 1 is 1.16 bits per heavy atom. The SMILES string of the molecule is Cc1ccc(Cn2nc(C)c(C(=O)NCC(O)c3ccccc3C(F)(F)F)c2Cl)cc1. The quantitative estimate of drug-likeness (QED) is 0.571. The molecule has 0 aliphatic carbocycles. The van der Waals surface area contributed by atoms with Gasteiger partial charge in [-0.15, -0.1) is 0 Å². The molecule has 3 rings (SSSR count). The summed E-state index contributed by atoms with van der Waals surface area (Å²) in [5, 5.41) is 17.1. The Labute approximate surface area is 182 Å². The summed E-state index contributed by atoms with van der Waals surface area (Å²) in [6.07, 6.45) is -6.15. The topological polar surface area (TPSA) is 67.2 Å². The van der Waals surface area contributed by atoms with E-state index in [9.17, 15) is 23.1 Å². The van der Waals surface area contributed by atoms with E-state index in [1.165, 1.54) is 22.9 Å². The van der Waals surface area contributed by atoms with Gasteiger partial charge >= 0.3 is 6.18 Å². The molecule has 0 spiro atoms. The lowest BCUT2D eigenvalue weighted by Crippen LogP contribution is -2.29. The number of hydrogen-bond donors (Lipinski definition) is 2. The van der Waals surface area contributed by atoms with E-state index in [0.29, 0.717) is 12.2 Å². The predicted molar refractivity (Wildman–Crippen MR) is 111 cm³/mol. The van der Waals surface area contributed by atoms with Crippen LogP contribution in [0, 0.1) is 13.8 Å². The van der Waals surface area contributed by atoms with E-state index < -0.39 is 30.3 Å². The molecule has 0 fully saturated rings. The first kappa shape index (κ1) is 22.8. The molecule has 0 saturated heterocycles. The number of benzene rings is 2. The van der Waals surface area contributed by atoms with Crippen LogP contribution in [0.4, 0.5) is 13.2 Å². The third kappa shape index (κ3) is 5.26. The fourth-order valence-corrected chi connectivity index (χ4v) is 3.54. The van der Waals surface area contributed by atoms with E-state index in [0.717, 1.165) is 17.2 Å². The zero-order valence-corrected chi connectivity index (χ0v) is 17.6. The van der Waals surface area contributed by atoms with Crippen molar-refractivity contribution < 1.29 is 23.1 Å². The van der Waals surface area contributed by atoms with Gasteiger partial charge in [-0.2, -0.15) is 18.3 Å². The van der Waals surface area contributed by atoms with E-state index in [4.69, 9.17) is 11.6 Å². The van der Waals surface area contributed by atoms with Gasteiger partial charge in [0.05, 0.1) is 29.5 Å². The molecule has 1 heterocycles. The number of carbonyl (C=O) groups is 1. The first-order valence-electron chi connectivity index (χ1n) is 9.48. The number of halogens is 4. The number of carbonyl (C=O) groups excluding carboxylic acids is 1. The Bertz CT molecular complexity index is 1080. The maximum Gasteiger partial charge on any atom is 0.416 e. The van der Waals surface area contributed by atoms with Gasteiger partial charge in [-0.1, -0.05) is 59.6 Å². The molecule has 0 radical (unpaired) electrons. The third-order valence-corrected chi connectivity index (χ3v) is 5.21. The van der Waals surface area contributed by atoms with E-state index in [2.05, 4.69) is 10.4 Å². The maximum atomic E-state index is 13.2. The molecular formula is C22H21ClF3N3O2. The molecule has 2 aromatic carbocycles. The number of nitrogens with zero attached hydrogens (tertiary/aromatic N) is 2. The highest BCUT2D eigenvalue weighted by molar-refractivity contribution is 6.33. The molecule has 1 unspecified atom stereocenters. The van der Waals surface area contributed by atoms with E-state index >= 15 is 0 Å². The standard InChI is InChI=1S/C22H21ClF3N3O2/c1-13-7-9-15(10-8-13)12-29-20(23)19(14(2)28-29)21(31)27-11-18(30)16-5-3-4-6-17(16)22(24,25)26/h3-10,18,30H,11-12H2,1-2H3,(H,27,31). The fourth-order valence-electron chi connectivity index (χ4n) is 3.22. The molecule has 0 bridgehead atoms. The Morgan fingerprint density at radius 2 is 1.81 bits per heavy atom. The van der Waals surface area contributed by atoms with Gasteiger partial charge in [0.2, 0.25) is 0 Å². The molecule has 5 nitrogen and oxygen atoms in total. The van der Waals surface area contributed by atoms with Crippen LogP contribution in [0.1, 0.15) is 44.4 Å². The number of aromatic nitrogens is 2. The van der Waals surface area contributed by atoms with Crippen LogP contribution in [0.25, 0.3) is 0 Å². The van der Waals surface area contributed by atoms with Gasteiger partial charge < -0.3 is 10.4 Å². The van der Waals surface area contributed by atoms with Crippen LogP contribution in [-0.2, 0) is 12.7 Å². The monoisotopic (exact) mass is 451 g/mol. The zero-order valence-electron chi connectivity index (χ0n) is 16.9. The normalized spacial score (nSPS) is 12.6. The van der Waals surface area contributed by atoms with Gasteiger partial charge in [0.25, 0.3) is 5.91 Å². The number of hydrogen-bond acceptors (Lipinski definition) is 3. The molecule has 0 saturated carbocycles. The first-order chi connectivity index (χ1) is 14.6. The summed E-state index contributed by atoms with van der Waals surface area (Å²) >= 11 is 6.35. The minimum Gasteiger partial charge on any atom is -0.387 e. The molecule has 0 aliphatic heterocycles. The van der Waals surface area contributed by atoms with Crippen LogP contribution in [0.2, 0.25) is 5.15 Å². The zero-order chi connectivity index (χ0) is 22.8. The van der Waals surface area contributed by atoms with Crippen molar-refractivity contribution >= 4 is 17.5 Å². The Morgan fingerprint density at radius 3 is 2.45 bits per heavy atom. The van der Waals surface area contributed by atoms with Crippen molar-refractivity contribution in [2.75, 3.05) is 6.54 Å². The van der Waals surface area contributed by atoms with Crippen molar-refractivity contribution in [2.24, 2.45) is 0 Å². The average molecular weight is 452 g/mol. The molecule has 9 heteroatoms. The van der Waals surface area contributed by atoms with E-state index in [-0.39, 0.29) is 16.3 Å². The Balaban J connectivity index is 1.73. The van der Waals surface area contributed by atoms with Crippen LogP contribution in [0.15, 0.2) is 48.5 Å². The minimum atomic E-state index is -4.61. The molecule has 0 aliphatic rings. The minimum absolute atomic E-state index is 0.112. The highest BCUT2D eigenvalue weighted by atomic mass is 35.5. The number of amides is 1. The summed E-state index contributed by atoms with van der Waals surface area (Å²) in [6.45, 7) is 3.53. The molecule has 1 atom stereocenters. The van der Waals surface area contributed by atoms with Gasteiger partial charge in [0.15, 0.2) is 0 Å². The fraction of sp³-hybridized carbons (Fsp3) is 0.273. The third-order valence-electron chi connectivity index (χ3n) is 4.83. The smallest absolute Gasteiger partial charge is 0.387 e. The predicted octanol–water partition coefficient (Wildman–Crippen LogP) is 4.68. The van der Waals surface area contributed by atoms with Gasteiger partial charge in [0, 0.05) is 6.54 Å². The van der Waals surface area contributed by atoms with Crippen molar-refractivity contribution in [1.82, 2.24) is 15.1 Å². The molecule has 164 valence electrons. The number of rotatable bonds is 6. The van der Waals surface area contributed by atoms with Crippen molar-refractivity contribution in [1.29, 1.82) is 0 Å². The number of alkyl halides is 3. The summed E-state index contributed by atoms with van der Waals surface area (Å²) in [6, 6.07) is 12.5. The molecule has 1 aromatic heterocycles. The maximum absolute atomic E-state index is 13.2. The second-order valence-electron chi connectivity index (χ2n) is 7.21. The number of aliphatic hydroxyl groups is 1. The van der Waals surface area contributed by atoms with Gasteiger partial charge in [-0.3, -0.25) is 4.79 Å². The number of nitrogens with one attached hydrogen (secondary N) is 1.